The Morgan fingerprint density at radius 3 is 2.75 bits per heavy atom. The highest BCUT2D eigenvalue weighted by atomic mass is 16.3. The second-order valence-corrected chi connectivity index (χ2v) is 7.77. The highest BCUT2D eigenvalue weighted by molar-refractivity contribution is 5.35. The first-order valence-electron chi connectivity index (χ1n) is 9.25. The summed E-state index contributed by atoms with van der Waals surface area (Å²) in [4.78, 5) is 2.69. The number of aromatic hydroxyl groups is 1. The molecule has 4 rings (SSSR count). The molecule has 126 valence electrons. The van der Waals surface area contributed by atoms with Crippen molar-refractivity contribution in [1.82, 2.24) is 4.90 Å². The van der Waals surface area contributed by atoms with Crippen molar-refractivity contribution in [2.75, 3.05) is 6.54 Å². The summed E-state index contributed by atoms with van der Waals surface area (Å²) in [6.07, 6.45) is 5.08. The minimum atomic E-state index is 0.245. The number of nitrogens with zero attached hydrogens (tertiary/aromatic N) is 1. The summed E-state index contributed by atoms with van der Waals surface area (Å²) >= 11 is 0. The number of phenols is 1. The van der Waals surface area contributed by atoms with Crippen LogP contribution in [0.15, 0.2) is 54.6 Å². The van der Waals surface area contributed by atoms with Crippen molar-refractivity contribution in [2.24, 2.45) is 5.92 Å². The van der Waals surface area contributed by atoms with E-state index in [1.807, 2.05) is 12.1 Å². The Morgan fingerprint density at radius 1 is 1.12 bits per heavy atom. The number of fused-ring (bicyclic) bond motifs is 2. The SMILES string of the molecule is C[C@@H]1CN(Cc2ccccc2)C2CCC[C@]1(c1cccc(O)c1)C2. The van der Waals surface area contributed by atoms with E-state index in [2.05, 4.69) is 48.2 Å². The molecule has 1 aliphatic heterocycles. The Morgan fingerprint density at radius 2 is 1.96 bits per heavy atom. The van der Waals surface area contributed by atoms with Gasteiger partial charge in [0.25, 0.3) is 0 Å². The number of benzene rings is 2. The van der Waals surface area contributed by atoms with E-state index in [9.17, 15) is 5.11 Å². The molecule has 0 amide bonds. The van der Waals surface area contributed by atoms with Crippen LogP contribution in [0, 0.1) is 5.92 Å². The number of hydrogen-bond donors (Lipinski definition) is 1. The Labute approximate surface area is 145 Å². The monoisotopic (exact) mass is 321 g/mol. The lowest BCUT2D eigenvalue weighted by atomic mass is 9.58. The zero-order valence-electron chi connectivity index (χ0n) is 14.5. The van der Waals surface area contributed by atoms with Gasteiger partial charge in [0.2, 0.25) is 0 Å². The Bertz CT molecular complexity index is 698. The molecule has 1 N–H and O–H groups in total. The zero-order valence-corrected chi connectivity index (χ0v) is 14.5. The average Bonchev–Trinajstić information content (AvgIpc) is 2.61. The second kappa shape index (κ2) is 6.25. The van der Waals surface area contributed by atoms with Crippen LogP contribution < -0.4 is 0 Å². The molecule has 2 aliphatic rings. The van der Waals surface area contributed by atoms with E-state index in [4.69, 9.17) is 0 Å². The lowest BCUT2D eigenvalue weighted by Crippen LogP contribution is -2.55. The van der Waals surface area contributed by atoms with E-state index in [-0.39, 0.29) is 5.41 Å². The largest absolute Gasteiger partial charge is 0.508 e. The Balaban J connectivity index is 1.60. The van der Waals surface area contributed by atoms with Gasteiger partial charge in [0.05, 0.1) is 0 Å². The fourth-order valence-corrected chi connectivity index (χ4v) is 5.09. The van der Waals surface area contributed by atoms with Gasteiger partial charge in [-0.15, -0.1) is 0 Å². The third kappa shape index (κ3) is 2.73. The molecular weight excluding hydrogens is 294 g/mol. The summed E-state index contributed by atoms with van der Waals surface area (Å²) < 4.78 is 0. The number of likely N-dealkylation sites (tertiary alicyclic amines) is 1. The normalized spacial score (nSPS) is 30.2. The molecule has 2 bridgehead atoms. The predicted molar refractivity (Wildman–Crippen MR) is 98.1 cm³/mol. The first-order chi connectivity index (χ1) is 11.7. The first kappa shape index (κ1) is 15.7. The van der Waals surface area contributed by atoms with Crippen molar-refractivity contribution in [1.29, 1.82) is 0 Å². The van der Waals surface area contributed by atoms with Gasteiger partial charge in [0.1, 0.15) is 5.75 Å². The minimum Gasteiger partial charge on any atom is -0.508 e. The first-order valence-corrected chi connectivity index (χ1v) is 9.25. The molecule has 1 heterocycles. The van der Waals surface area contributed by atoms with Gasteiger partial charge < -0.3 is 5.11 Å². The van der Waals surface area contributed by atoms with E-state index >= 15 is 0 Å². The van der Waals surface area contributed by atoms with Gasteiger partial charge >= 0.3 is 0 Å². The van der Waals surface area contributed by atoms with Crippen molar-refractivity contribution in [3.05, 3.63) is 65.7 Å². The van der Waals surface area contributed by atoms with Crippen LogP contribution in [0.2, 0.25) is 0 Å². The molecule has 1 unspecified atom stereocenters. The van der Waals surface area contributed by atoms with Crippen LogP contribution in [-0.4, -0.2) is 22.6 Å². The summed E-state index contributed by atoms with van der Waals surface area (Å²) in [7, 11) is 0. The fraction of sp³-hybridized carbons (Fsp3) is 0.455. The van der Waals surface area contributed by atoms with Gasteiger partial charge in [-0.25, -0.2) is 0 Å². The van der Waals surface area contributed by atoms with Crippen LogP contribution in [0.25, 0.3) is 0 Å². The third-order valence-corrected chi connectivity index (χ3v) is 6.38. The highest BCUT2D eigenvalue weighted by Gasteiger charge is 2.47. The summed E-state index contributed by atoms with van der Waals surface area (Å²) in [5.74, 6) is 1.02. The number of rotatable bonds is 3. The molecule has 1 saturated carbocycles. The number of piperidine rings is 1. The van der Waals surface area contributed by atoms with Crippen molar-refractivity contribution in [3.63, 3.8) is 0 Å². The molecule has 3 atom stereocenters. The standard InChI is InChI=1S/C22H27NO/c1-17-15-23(16-18-7-3-2-4-8-18)20-10-6-12-22(17,14-20)19-9-5-11-21(24)13-19/h2-5,7-9,11,13,17,20,24H,6,10,12,14-16H2,1H3/t17-,20?,22+/m1/s1. The van der Waals surface area contributed by atoms with E-state index in [0.29, 0.717) is 17.7 Å². The molecule has 24 heavy (non-hydrogen) atoms. The topological polar surface area (TPSA) is 23.5 Å². The summed E-state index contributed by atoms with van der Waals surface area (Å²) in [6, 6.07) is 19.5. The maximum atomic E-state index is 9.96. The van der Waals surface area contributed by atoms with E-state index < -0.39 is 0 Å². The molecule has 0 spiro atoms. The Kier molecular flexibility index (Phi) is 4.09. The lowest BCUT2D eigenvalue weighted by molar-refractivity contribution is 0.00476. The van der Waals surface area contributed by atoms with Gasteiger partial charge in [0.15, 0.2) is 0 Å². The maximum Gasteiger partial charge on any atom is 0.115 e. The summed E-state index contributed by atoms with van der Waals surface area (Å²) in [5, 5.41) is 9.96. The molecule has 2 nitrogen and oxygen atoms in total. The van der Waals surface area contributed by atoms with Crippen LogP contribution in [0.3, 0.4) is 0 Å². The van der Waals surface area contributed by atoms with E-state index in [1.54, 1.807) is 6.07 Å². The van der Waals surface area contributed by atoms with Gasteiger partial charge in [-0.1, -0.05) is 55.8 Å². The fourth-order valence-electron chi connectivity index (χ4n) is 5.09. The number of phenolic OH excluding ortho intramolecular Hbond substituents is 1. The van der Waals surface area contributed by atoms with Gasteiger partial charge in [-0.05, 0) is 48.4 Å². The van der Waals surface area contributed by atoms with Gasteiger partial charge in [0, 0.05) is 24.5 Å². The molecule has 1 saturated heterocycles. The average molecular weight is 321 g/mol. The second-order valence-electron chi connectivity index (χ2n) is 7.77. The van der Waals surface area contributed by atoms with Crippen LogP contribution in [0.4, 0.5) is 0 Å². The highest BCUT2D eigenvalue weighted by Crippen LogP contribution is 2.50. The van der Waals surface area contributed by atoms with E-state index in [1.165, 1.54) is 36.8 Å². The van der Waals surface area contributed by atoms with Crippen molar-refractivity contribution in [3.8, 4) is 5.75 Å². The van der Waals surface area contributed by atoms with Crippen LogP contribution >= 0.6 is 0 Å². The van der Waals surface area contributed by atoms with Crippen molar-refractivity contribution >= 4 is 0 Å². The molecule has 1 aliphatic carbocycles. The molecule has 2 aromatic carbocycles. The maximum absolute atomic E-state index is 9.96. The smallest absolute Gasteiger partial charge is 0.115 e. The minimum absolute atomic E-state index is 0.245. The molecular formula is C22H27NO. The van der Waals surface area contributed by atoms with Crippen LogP contribution in [-0.2, 0) is 12.0 Å². The van der Waals surface area contributed by atoms with Gasteiger partial charge in [-0.3, -0.25) is 4.90 Å². The predicted octanol–water partition coefficient (Wildman–Crippen LogP) is 4.72. The van der Waals surface area contributed by atoms with Crippen molar-refractivity contribution < 1.29 is 5.11 Å². The van der Waals surface area contributed by atoms with Crippen LogP contribution in [0.5, 0.6) is 5.75 Å². The molecule has 0 radical (unpaired) electrons. The molecule has 2 heteroatoms. The third-order valence-electron chi connectivity index (χ3n) is 6.38. The van der Waals surface area contributed by atoms with Gasteiger partial charge in [-0.2, -0.15) is 0 Å². The Hall–Kier alpha value is -1.80. The lowest BCUT2D eigenvalue weighted by Gasteiger charge is -2.54. The van der Waals surface area contributed by atoms with Crippen LogP contribution in [0.1, 0.15) is 43.7 Å². The number of hydrogen-bond acceptors (Lipinski definition) is 2. The molecule has 2 aromatic rings. The van der Waals surface area contributed by atoms with E-state index in [0.717, 1.165) is 13.1 Å². The molecule has 0 aromatic heterocycles. The van der Waals surface area contributed by atoms with Crippen molar-refractivity contribution in [2.45, 2.75) is 50.6 Å². The zero-order chi connectivity index (χ0) is 16.6. The molecule has 2 fully saturated rings. The quantitative estimate of drug-likeness (QED) is 0.884. The summed E-state index contributed by atoms with van der Waals surface area (Å²) in [6.45, 7) is 4.62. The summed E-state index contributed by atoms with van der Waals surface area (Å²) in [5.41, 5.74) is 3.01.